The molecule has 1 heteroatoms. The lowest BCUT2D eigenvalue weighted by Gasteiger charge is -2.26. The normalized spacial score (nSPS) is 11.1. The van der Waals surface area contributed by atoms with Crippen molar-refractivity contribution in [1.29, 1.82) is 0 Å². The van der Waals surface area contributed by atoms with Crippen LogP contribution in [-0.2, 0) is 0 Å². The van der Waals surface area contributed by atoms with Crippen molar-refractivity contribution < 1.29 is 0 Å². The molecule has 0 atom stereocenters. The van der Waals surface area contributed by atoms with E-state index >= 15 is 0 Å². The molecule has 240 valence electrons. The average Bonchev–Trinajstić information content (AvgIpc) is 3.22. The minimum absolute atomic E-state index is 1.11. The van der Waals surface area contributed by atoms with Crippen molar-refractivity contribution in [2.45, 2.75) is 0 Å². The van der Waals surface area contributed by atoms with Crippen molar-refractivity contribution >= 4 is 38.6 Å². The summed E-state index contributed by atoms with van der Waals surface area (Å²) in [4.78, 5) is 2.35. The van der Waals surface area contributed by atoms with Crippen LogP contribution >= 0.6 is 0 Å². The molecule has 0 N–H and O–H groups in total. The first-order valence-corrected chi connectivity index (χ1v) is 17.5. The van der Waals surface area contributed by atoms with Crippen LogP contribution in [0.1, 0.15) is 0 Å². The van der Waals surface area contributed by atoms with Crippen LogP contribution in [0.25, 0.3) is 66.1 Å². The SMILES string of the molecule is c1ccc(-c2cccc(-c3ccc(N(c4ccc(-c5cccc6ccccc56)cc4)c4ccc(-c5cccc6ccccc56)cc4)cc3)c2)cc1. The smallest absolute Gasteiger partial charge is 0.0462 e. The molecule has 0 saturated heterocycles. The highest BCUT2D eigenvalue weighted by Crippen LogP contribution is 2.39. The molecule has 0 aliphatic rings. The van der Waals surface area contributed by atoms with Crippen LogP contribution in [0, 0.1) is 0 Å². The zero-order valence-corrected chi connectivity index (χ0v) is 28.2. The van der Waals surface area contributed by atoms with Gasteiger partial charge in [-0.1, -0.05) is 170 Å². The second kappa shape index (κ2) is 13.3. The van der Waals surface area contributed by atoms with E-state index in [2.05, 4.69) is 217 Å². The van der Waals surface area contributed by atoms with Gasteiger partial charge in [0.25, 0.3) is 0 Å². The Hall–Kier alpha value is -6.70. The van der Waals surface area contributed by atoms with E-state index in [4.69, 9.17) is 0 Å². The third-order valence-corrected chi connectivity index (χ3v) is 9.88. The second-order valence-electron chi connectivity index (χ2n) is 13.0. The van der Waals surface area contributed by atoms with Crippen LogP contribution in [0.15, 0.2) is 212 Å². The largest absolute Gasteiger partial charge is 0.311 e. The van der Waals surface area contributed by atoms with E-state index in [0.717, 1.165) is 17.1 Å². The maximum Gasteiger partial charge on any atom is 0.0462 e. The molecule has 0 aliphatic heterocycles. The third kappa shape index (κ3) is 5.96. The van der Waals surface area contributed by atoms with Gasteiger partial charge in [-0.05, 0) is 109 Å². The van der Waals surface area contributed by atoms with E-state index in [1.165, 1.54) is 66.1 Å². The average molecular weight is 650 g/mol. The predicted molar refractivity (Wildman–Crippen MR) is 218 cm³/mol. The Morgan fingerprint density at radius 2 is 0.588 bits per heavy atom. The highest BCUT2D eigenvalue weighted by atomic mass is 15.1. The topological polar surface area (TPSA) is 3.24 Å². The number of nitrogens with zero attached hydrogens (tertiary/aromatic N) is 1. The highest BCUT2D eigenvalue weighted by Gasteiger charge is 2.15. The molecule has 0 saturated carbocycles. The molecule has 0 heterocycles. The minimum Gasteiger partial charge on any atom is -0.311 e. The Kier molecular flexibility index (Phi) is 7.92. The summed E-state index contributed by atoms with van der Waals surface area (Å²) in [7, 11) is 0. The van der Waals surface area contributed by atoms with Gasteiger partial charge in [-0.15, -0.1) is 0 Å². The quantitative estimate of drug-likeness (QED) is 0.166. The summed E-state index contributed by atoms with van der Waals surface area (Å²) in [6.07, 6.45) is 0. The van der Waals surface area contributed by atoms with Gasteiger partial charge in [0.1, 0.15) is 0 Å². The van der Waals surface area contributed by atoms with Gasteiger partial charge in [-0.2, -0.15) is 0 Å². The Balaban J connectivity index is 1.10. The van der Waals surface area contributed by atoms with Crippen molar-refractivity contribution in [2.24, 2.45) is 0 Å². The number of anilines is 3. The first kappa shape index (κ1) is 30.4. The van der Waals surface area contributed by atoms with Gasteiger partial charge in [0.05, 0.1) is 0 Å². The summed E-state index contributed by atoms with van der Waals surface area (Å²) < 4.78 is 0. The number of benzene rings is 9. The predicted octanol–water partition coefficient (Wildman–Crippen LogP) is 14.1. The summed E-state index contributed by atoms with van der Waals surface area (Å²) in [5.41, 5.74) is 13.0. The summed E-state index contributed by atoms with van der Waals surface area (Å²) in [6, 6.07) is 76.6. The molecule has 9 aromatic carbocycles. The zero-order chi connectivity index (χ0) is 34.0. The summed E-state index contributed by atoms with van der Waals surface area (Å²) in [6.45, 7) is 0. The van der Waals surface area contributed by atoms with Crippen LogP contribution < -0.4 is 4.90 Å². The molecule has 9 rings (SSSR count). The van der Waals surface area contributed by atoms with Crippen LogP contribution in [0.2, 0.25) is 0 Å². The standard InChI is InChI=1S/C50H35N/c1-2-11-36(12-3-1)42-17-8-18-43(35-42)37-23-29-44(30-24-37)51(45-31-25-40(26-32-45)49-21-9-15-38-13-4-6-19-47(38)49)46-33-27-41(28-34-46)50-22-10-16-39-14-5-7-20-48(39)50/h1-35H. The number of hydrogen-bond donors (Lipinski definition) is 0. The van der Waals surface area contributed by atoms with Gasteiger partial charge in [-0.25, -0.2) is 0 Å². The van der Waals surface area contributed by atoms with Gasteiger partial charge in [-0.3, -0.25) is 0 Å². The van der Waals surface area contributed by atoms with E-state index in [9.17, 15) is 0 Å². The molecule has 0 unspecified atom stereocenters. The number of rotatable bonds is 7. The fourth-order valence-corrected chi connectivity index (χ4v) is 7.29. The van der Waals surface area contributed by atoms with Crippen LogP contribution in [0.4, 0.5) is 17.1 Å². The maximum absolute atomic E-state index is 2.35. The van der Waals surface area contributed by atoms with Gasteiger partial charge < -0.3 is 4.90 Å². The van der Waals surface area contributed by atoms with E-state index in [-0.39, 0.29) is 0 Å². The van der Waals surface area contributed by atoms with Crippen molar-refractivity contribution in [3.8, 4) is 44.5 Å². The van der Waals surface area contributed by atoms with E-state index in [0.29, 0.717) is 0 Å². The maximum atomic E-state index is 2.35. The Morgan fingerprint density at radius 3 is 1.08 bits per heavy atom. The lowest BCUT2D eigenvalue weighted by Crippen LogP contribution is -2.09. The van der Waals surface area contributed by atoms with Gasteiger partial charge in [0, 0.05) is 17.1 Å². The van der Waals surface area contributed by atoms with Crippen molar-refractivity contribution in [2.75, 3.05) is 4.90 Å². The lowest BCUT2D eigenvalue weighted by atomic mass is 9.97. The highest BCUT2D eigenvalue weighted by molar-refractivity contribution is 5.98. The first-order chi connectivity index (χ1) is 25.3. The monoisotopic (exact) mass is 649 g/mol. The Morgan fingerprint density at radius 1 is 0.235 bits per heavy atom. The summed E-state index contributed by atoms with van der Waals surface area (Å²) in [5.74, 6) is 0. The molecule has 0 aliphatic carbocycles. The molecule has 0 fully saturated rings. The van der Waals surface area contributed by atoms with Gasteiger partial charge >= 0.3 is 0 Å². The first-order valence-electron chi connectivity index (χ1n) is 17.5. The zero-order valence-electron chi connectivity index (χ0n) is 28.2. The van der Waals surface area contributed by atoms with Crippen LogP contribution in [0.5, 0.6) is 0 Å². The van der Waals surface area contributed by atoms with Gasteiger partial charge in [0.2, 0.25) is 0 Å². The van der Waals surface area contributed by atoms with Gasteiger partial charge in [0.15, 0.2) is 0 Å². The molecule has 0 spiro atoms. The molecule has 0 amide bonds. The van der Waals surface area contributed by atoms with E-state index < -0.39 is 0 Å². The lowest BCUT2D eigenvalue weighted by molar-refractivity contribution is 1.28. The molecule has 51 heavy (non-hydrogen) atoms. The minimum atomic E-state index is 1.11. The molecule has 0 bridgehead atoms. The van der Waals surface area contributed by atoms with Crippen molar-refractivity contribution in [3.63, 3.8) is 0 Å². The Labute approximate surface area is 299 Å². The molecule has 9 aromatic rings. The molecule has 0 aromatic heterocycles. The van der Waals surface area contributed by atoms with Crippen molar-refractivity contribution in [3.05, 3.63) is 212 Å². The molecule has 0 radical (unpaired) electrons. The van der Waals surface area contributed by atoms with Crippen LogP contribution in [-0.4, -0.2) is 0 Å². The number of hydrogen-bond acceptors (Lipinski definition) is 1. The number of fused-ring (bicyclic) bond motifs is 2. The molecule has 1 nitrogen and oxygen atoms in total. The Bertz CT molecular complexity index is 2470. The molecular formula is C50H35N. The fourth-order valence-electron chi connectivity index (χ4n) is 7.29. The fraction of sp³-hybridized carbons (Fsp3) is 0. The van der Waals surface area contributed by atoms with E-state index in [1.807, 2.05) is 0 Å². The van der Waals surface area contributed by atoms with Crippen molar-refractivity contribution in [1.82, 2.24) is 0 Å². The summed E-state index contributed by atoms with van der Waals surface area (Å²) in [5, 5.41) is 5.03. The second-order valence-corrected chi connectivity index (χ2v) is 13.0. The summed E-state index contributed by atoms with van der Waals surface area (Å²) >= 11 is 0. The van der Waals surface area contributed by atoms with E-state index in [1.54, 1.807) is 0 Å². The third-order valence-electron chi connectivity index (χ3n) is 9.88. The molecular weight excluding hydrogens is 615 g/mol. The van der Waals surface area contributed by atoms with Crippen LogP contribution in [0.3, 0.4) is 0 Å².